The zero-order valence-corrected chi connectivity index (χ0v) is 20.0. The zero-order valence-electron chi connectivity index (χ0n) is 17.4. The molecule has 0 bridgehead atoms. The van der Waals surface area contributed by atoms with Crippen LogP contribution in [-0.4, -0.2) is 17.1 Å². The van der Waals surface area contributed by atoms with Crippen LogP contribution in [0.4, 0.5) is 0 Å². The maximum absolute atomic E-state index is 6.81. The molecular formula is C27H26NP2S+. The van der Waals surface area contributed by atoms with Crippen molar-refractivity contribution in [3.63, 3.8) is 0 Å². The van der Waals surface area contributed by atoms with Gasteiger partial charge in [0.1, 0.15) is 16.8 Å². The molecule has 1 aliphatic heterocycles. The Morgan fingerprint density at radius 1 is 0.581 bits per heavy atom. The van der Waals surface area contributed by atoms with Crippen LogP contribution in [0, 0.1) is 0 Å². The van der Waals surface area contributed by atoms with E-state index in [1.165, 1.54) is 33.8 Å². The topological polar surface area (TPSA) is 3.24 Å². The van der Waals surface area contributed by atoms with Crippen molar-refractivity contribution in [2.24, 2.45) is 0 Å². The summed E-state index contributed by atoms with van der Waals surface area (Å²) in [5.74, 6) is 0. The monoisotopic (exact) mass is 458 g/mol. The Kier molecular flexibility index (Phi) is 5.91. The van der Waals surface area contributed by atoms with Crippen molar-refractivity contribution in [2.75, 3.05) is 12.7 Å². The van der Waals surface area contributed by atoms with E-state index in [-0.39, 0.29) is 0 Å². The van der Waals surface area contributed by atoms with E-state index >= 15 is 0 Å². The molecule has 0 aliphatic carbocycles. The van der Waals surface area contributed by atoms with Gasteiger partial charge in [-0.05, 0) is 30.7 Å². The van der Waals surface area contributed by atoms with Crippen molar-refractivity contribution in [3.8, 4) is 0 Å². The molecule has 0 atom stereocenters. The highest BCUT2D eigenvalue weighted by Crippen LogP contribution is 2.74. The summed E-state index contributed by atoms with van der Waals surface area (Å²) in [4.78, 5) is 0. The molecule has 1 heterocycles. The highest BCUT2D eigenvalue weighted by atomic mass is 32.4. The van der Waals surface area contributed by atoms with Gasteiger partial charge in [0.25, 0.3) is 0 Å². The maximum atomic E-state index is 6.81. The van der Waals surface area contributed by atoms with E-state index in [1.807, 2.05) is 0 Å². The van der Waals surface area contributed by atoms with Crippen LogP contribution >= 0.6 is 13.6 Å². The molecule has 4 aromatic rings. The summed E-state index contributed by atoms with van der Waals surface area (Å²) in [5.41, 5.74) is 0. The predicted octanol–water partition coefficient (Wildman–Crippen LogP) is 5.32. The first kappa shape index (κ1) is 20.8. The van der Waals surface area contributed by atoms with Crippen molar-refractivity contribution >= 4 is 46.6 Å². The first-order chi connectivity index (χ1) is 15.3. The van der Waals surface area contributed by atoms with Crippen molar-refractivity contribution in [1.82, 2.24) is 4.44 Å². The predicted molar refractivity (Wildman–Crippen MR) is 142 cm³/mol. The van der Waals surface area contributed by atoms with Crippen LogP contribution in [-0.2, 0) is 11.8 Å². The molecule has 0 saturated carbocycles. The number of rotatable bonds is 5. The highest BCUT2D eigenvalue weighted by molar-refractivity contribution is 8.23. The van der Waals surface area contributed by atoms with Crippen molar-refractivity contribution in [2.45, 2.75) is 6.42 Å². The molecule has 4 heteroatoms. The lowest BCUT2D eigenvalue weighted by molar-refractivity contribution is 0.739. The van der Waals surface area contributed by atoms with E-state index in [2.05, 4.69) is 126 Å². The van der Waals surface area contributed by atoms with Crippen LogP contribution in [0.1, 0.15) is 6.42 Å². The Morgan fingerprint density at radius 2 is 0.968 bits per heavy atom. The fourth-order valence-electron chi connectivity index (χ4n) is 4.78. The molecule has 1 aliphatic rings. The lowest BCUT2D eigenvalue weighted by Gasteiger charge is -2.39. The highest BCUT2D eigenvalue weighted by Gasteiger charge is 2.58. The standard InChI is InChI=1S/C27H26NP2S/c31-30(26-18-9-3-10-19-26,27-20-11-4-12-21-27)28-22-13-23-29(28,24-14-5-1-6-15-24)25-16-7-2-8-17-25/h1-12,14-21H,13,22-23H2/q+1. The Bertz CT molecular complexity index is 1100. The SMILES string of the molecule is S=P(c1ccccc1)(c1ccccc1)N1CCC[P+]1(c1ccccc1)c1ccccc1. The van der Waals surface area contributed by atoms with Gasteiger partial charge in [-0.25, -0.2) is 0 Å². The third-order valence-electron chi connectivity index (χ3n) is 6.14. The number of nitrogens with zero attached hydrogens (tertiary/aromatic N) is 1. The van der Waals surface area contributed by atoms with Gasteiger partial charge in [0.05, 0.1) is 6.16 Å². The van der Waals surface area contributed by atoms with E-state index < -0.39 is 13.6 Å². The molecule has 31 heavy (non-hydrogen) atoms. The quantitative estimate of drug-likeness (QED) is 0.373. The average molecular weight is 459 g/mol. The molecule has 0 amide bonds. The summed E-state index contributed by atoms with van der Waals surface area (Å²) in [5, 5.41) is 5.46. The Balaban J connectivity index is 1.81. The molecule has 0 aromatic heterocycles. The van der Waals surface area contributed by atoms with E-state index in [9.17, 15) is 0 Å². The molecule has 154 valence electrons. The number of benzene rings is 4. The van der Waals surface area contributed by atoms with Crippen molar-refractivity contribution < 1.29 is 0 Å². The van der Waals surface area contributed by atoms with Crippen LogP contribution in [0.3, 0.4) is 0 Å². The van der Waals surface area contributed by atoms with E-state index in [0.717, 1.165) is 6.54 Å². The van der Waals surface area contributed by atoms with Crippen LogP contribution < -0.4 is 21.2 Å². The fourth-order valence-corrected chi connectivity index (χ4v) is 16.5. The fraction of sp³-hybridized carbons (Fsp3) is 0.111. The van der Waals surface area contributed by atoms with E-state index in [0.29, 0.717) is 0 Å². The lowest BCUT2D eigenvalue weighted by atomic mass is 10.4. The summed E-state index contributed by atoms with van der Waals surface area (Å²) in [7, 11) is -1.84. The second-order valence-electron chi connectivity index (χ2n) is 7.86. The van der Waals surface area contributed by atoms with Gasteiger partial charge in [-0.15, -0.1) is 4.44 Å². The zero-order chi connectivity index (χ0) is 21.2. The van der Waals surface area contributed by atoms with Gasteiger partial charge in [0, 0.05) is 17.2 Å². The molecule has 0 spiro atoms. The Hall–Kier alpha value is -2.08. The van der Waals surface area contributed by atoms with Gasteiger partial charge in [-0.2, -0.15) is 0 Å². The van der Waals surface area contributed by atoms with Gasteiger partial charge < -0.3 is 0 Å². The summed E-state index contributed by atoms with van der Waals surface area (Å²) in [6.07, 6.45) is 0.148. The number of hydrogen-bond donors (Lipinski definition) is 0. The van der Waals surface area contributed by atoms with E-state index in [4.69, 9.17) is 11.8 Å². The van der Waals surface area contributed by atoms with E-state index in [1.54, 1.807) is 0 Å². The van der Waals surface area contributed by atoms with Crippen LogP contribution in [0.2, 0.25) is 0 Å². The molecule has 0 radical (unpaired) electrons. The second-order valence-corrected chi connectivity index (χ2v) is 15.9. The maximum Gasteiger partial charge on any atom is 0.153 e. The molecule has 0 unspecified atom stereocenters. The summed E-state index contributed by atoms with van der Waals surface area (Å²) in [6, 6.07) is 44.0. The minimum Gasteiger partial charge on any atom is -0.133 e. The lowest BCUT2D eigenvalue weighted by Crippen LogP contribution is -2.37. The van der Waals surface area contributed by atoms with Crippen molar-refractivity contribution in [1.29, 1.82) is 0 Å². The average Bonchev–Trinajstić information content (AvgIpc) is 3.32. The van der Waals surface area contributed by atoms with Crippen molar-refractivity contribution in [3.05, 3.63) is 121 Å². The number of hydrogen-bond acceptors (Lipinski definition) is 1. The second kappa shape index (κ2) is 8.81. The van der Waals surface area contributed by atoms with Gasteiger partial charge in [0.2, 0.25) is 0 Å². The third kappa shape index (κ3) is 3.53. The molecular weight excluding hydrogens is 432 g/mol. The summed E-state index contributed by atoms with van der Waals surface area (Å²) in [6.45, 7) is 1.04. The first-order valence-corrected chi connectivity index (χ1v) is 15.4. The van der Waals surface area contributed by atoms with Gasteiger partial charge in [0.15, 0.2) is 7.41 Å². The van der Waals surface area contributed by atoms with Gasteiger partial charge >= 0.3 is 0 Å². The molecule has 4 aromatic carbocycles. The summed E-state index contributed by atoms with van der Waals surface area (Å²) < 4.78 is 2.80. The normalized spacial score (nSPS) is 16.3. The van der Waals surface area contributed by atoms with Gasteiger partial charge in [-0.1, -0.05) is 109 Å². The molecule has 1 fully saturated rings. The van der Waals surface area contributed by atoms with Crippen LogP contribution in [0.15, 0.2) is 121 Å². The minimum absolute atomic E-state index is 1.04. The third-order valence-corrected chi connectivity index (χ3v) is 17.2. The van der Waals surface area contributed by atoms with Crippen LogP contribution in [0.5, 0.6) is 0 Å². The minimum atomic E-state index is -2.21. The first-order valence-electron chi connectivity index (χ1n) is 10.8. The smallest absolute Gasteiger partial charge is 0.133 e. The molecule has 1 saturated heterocycles. The molecule has 1 nitrogen and oxygen atoms in total. The van der Waals surface area contributed by atoms with Gasteiger partial charge in [-0.3, -0.25) is 0 Å². The molecule has 5 rings (SSSR count). The Labute approximate surface area is 191 Å². The summed E-state index contributed by atoms with van der Waals surface area (Å²) >= 11 is 6.81. The Morgan fingerprint density at radius 3 is 1.39 bits per heavy atom. The molecule has 0 N–H and O–H groups in total. The van der Waals surface area contributed by atoms with Crippen LogP contribution in [0.25, 0.3) is 0 Å². The largest absolute Gasteiger partial charge is 0.153 e.